The highest BCUT2D eigenvalue weighted by Crippen LogP contribution is 2.24. The van der Waals surface area contributed by atoms with Crippen LogP contribution in [0.2, 0.25) is 0 Å². The van der Waals surface area contributed by atoms with E-state index in [2.05, 4.69) is 15.5 Å². The zero-order chi connectivity index (χ0) is 16.9. The first-order chi connectivity index (χ1) is 11.7. The van der Waals surface area contributed by atoms with E-state index in [0.717, 1.165) is 11.1 Å². The summed E-state index contributed by atoms with van der Waals surface area (Å²) >= 11 is 0. The molecule has 2 aromatic carbocycles. The molecule has 24 heavy (non-hydrogen) atoms. The van der Waals surface area contributed by atoms with Crippen LogP contribution >= 0.6 is 0 Å². The van der Waals surface area contributed by atoms with E-state index in [1.165, 1.54) is 0 Å². The number of rotatable bonds is 4. The lowest BCUT2D eigenvalue weighted by Gasteiger charge is -2.03. The van der Waals surface area contributed by atoms with Crippen LogP contribution in [0.25, 0.3) is 22.8 Å². The number of anilines is 1. The van der Waals surface area contributed by atoms with E-state index >= 15 is 0 Å². The molecule has 1 amide bonds. The van der Waals surface area contributed by atoms with Gasteiger partial charge in [0.15, 0.2) is 0 Å². The minimum atomic E-state index is -0.361. The number of aryl methyl sites for hydroxylation is 1. The molecule has 6 heteroatoms. The number of carbonyl (C=O) groups is 1. The molecule has 0 aliphatic rings. The molecule has 1 heterocycles. The van der Waals surface area contributed by atoms with E-state index in [0.29, 0.717) is 23.0 Å². The molecular formula is C18H14N4O2. The van der Waals surface area contributed by atoms with Crippen molar-refractivity contribution in [3.05, 3.63) is 54.1 Å². The standard InChI is InChI=1S/C18H14N4O2/c1-12-5-7-13(8-6-12)17-21-18(24-22-17)14-3-2-4-15(11-14)20-16(23)9-10-19/h2-8,11H,9H2,1H3,(H,20,23). The van der Waals surface area contributed by atoms with Gasteiger partial charge in [0, 0.05) is 16.8 Å². The molecule has 118 valence electrons. The number of benzene rings is 2. The first kappa shape index (κ1) is 15.4. The molecule has 1 aromatic heterocycles. The van der Waals surface area contributed by atoms with Gasteiger partial charge < -0.3 is 9.84 Å². The highest BCUT2D eigenvalue weighted by Gasteiger charge is 2.11. The maximum Gasteiger partial charge on any atom is 0.258 e. The van der Waals surface area contributed by atoms with E-state index in [4.69, 9.17) is 9.78 Å². The number of carbonyl (C=O) groups excluding carboxylic acids is 1. The average molecular weight is 318 g/mol. The van der Waals surface area contributed by atoms with Crippen molar-refractivity contribution in [3.8, 4) is 28.9 Å². The third-order valence-corrected chi connectivity index (χ3v) is 3.37. The minimum Gasteiger partial charge on any atom is -0.334 e. The van der Waals surface area contributed by atoms with Crippen LogP contribution in [0.4, 0.5) is 5.69 Å². The summed E-state index contributed by atoms with van der Waals surface area (Å²) in [4.78, 5) is 15.9. The monoisotopic (exact) mass is 318 g/mol. The van der Waals surface area contributed by atoms with E-state index in [1.54, 1.807) is 24.3 Å². The second-order valence-electron chi connectivity index (χ2n) is 5.25. The van der Waals surface area contributed by atoms with Gasteiger partial charge in [0.1, 0.15) is 6.42 Å². The topological polar surface area (TPSA) is 91.8 Å². The normalized spacial score (nSPS) is 10.2. The van der Waals surface area contributed by atoms with Gasteiger partial charge in [-0.25, -0.2) is 0 Å². The molecule has 0 saturated carbocycles. The first-order valence-electron chi connectivity index (χ1n) is 7.34. The van der Waals surface area contributed by atoms with Gasteiger partial charge >= 0.3 is 0 Å². The Bertz CT molecular complexity index is 907. The number of nitrogens with one attached hydrogen (secondary N) is 1. The summed E-state index contributed by atoms with van der Waals surface area (Å²) in [5.41, 5.74) is 3.29. The Labute approximate surface area is 138 Å². The van der Waals surface area contributed by atoms with Gasteiger partial charge in [0.25, 0.3) is 5.89 Å². The molecular weight excluding hydrogens is 304 g/mol. The Morgan fingerprint density at radius 3 is 2.75 bits per heavy atom. The van der Waals surface area contributed by atoms with Gasteiger partial charge in [-0.1, -0.05) is 41.1 Å². The van der Waals surface area contributed by atoms with Gasteiger partial charge in [-0.05, 0) is 25.1 Å². The van der Waals surface area contributed by atoms with Crippen molar-refractivity contribution in [1.29, 1.82) is 5.26 Å². The summed E-state index contributed by atoms with van der Waals surface area (Å²) in [5, 5.41) is 15.2. The number of nitrogens with zero attached hydrogens (tertiary/aromatic N) is 3. The molecule has 0 bridgehead atoms. The summed E-state index contributed by atoms with van der Waals surface area (Å²) in [6, 6.07) is 16.7. The number of hydrogen-bond acceptors (Lipinski definition) is 5. The van der Waals surface area contributed by atoms with Crippen LogP contribution < -0.4 is 5.32 Å². The Morgan fingerprint density at radius 2 is 2.00 bits per heavy atom. The zero-order valence-electron chi connectivity index (χ0n) is 13.0. The maximum absolute atomic E-state index is 11.5. The Hall–Kier alpha value is -3.46. The molecule has 0 radical (unpaired) electrons. The van der Waals surface area contributed by atoms with Crippen molar-refractivity contribution >= 4 is 11.6 Å². The van der Waals surface area contributed by atoms with Gasteiger partial charge in [-0.3, -0.25) is 4.79 Å². The Balaban J connectivity index is 1.84. The highest BCUT2D eigenvalue weighted by molar-refractivity contribution is 5.92. The molecule has 0 atom stereocenters. The molecule has 3 rings (SSSR count). The predicted molar refractivity (Wildman–Crippen MR) is 88.8 cm³/mol. The first-order valence-corrected chi connectivity index (χ1v) is 7.34. The van der Waals surface area contributed by atoms with Crippen LogP contribution in [-0.4, -0.2) is 16.0 Å². The van der Waals surface area contributed by atoms with Gasteiger partial charge in [0.05, 0.1) is 6.07 Å². The largest absolute Gasteiger partial charge is 0.334 e. The van der Waals surface area contributed by atoms with Gasteiger partial charge in [0.2, 0.25) is 11.7 Å². The van der Waals surface area contributed by atoms with Crippen molar-refractivity contribution in [2.24, 2.45) is 0 Å². The van der Waals surface area contributed by atoms with Crippen LogP contribution in [-0.2, 0) is 4.79 Å². The molecule has 6 nitrogen and oxygen atoms in total. The summed E-state index contributed by atoms with van der Waals surface area (Å²) in [5.74, 6) is 0.506. The smallest absolute Gasteiger partial charge is 0.258 e. The van der Waals surface area contributed by atoms with Crippen molar-refractivity contribution in [3.63, 3.8) is 0 Å². The number of nitriles is 1. The zero-order valence-corrected chi connectivity index (χ0v) is 13.0. The summed E-state index contributed by atoms with van der Waals surface area (Å²) in [7, 11) is 0. The SMILES string of the molecule is Cc1ccc(-c2noc(-c3cccc(NC(=O)CC#N)c3)n2)cc1. The van der Waals surface area contributed by atoms with Crippen molar-refractivity contribution in [1.82, 2.24) is 10.1 Å². The molecule has 1 N–H and O–H groups in total. The second kappa shape index (κ2) is 6.75. The van der Waals surface area contributed by atoms with Crippen molar-refractivity contribution in [2.45, 2.75) is 13.3 Å². The fourth-order valence-corrected chi connectivity index (χ4v) is 2.17. The molecule has 0 unspecified atom stereocenters. The average Bonchev–Trinajstić information content (AvgIpc) is 3.06. The van der Waals surface area contributed by atoms with Crippen LogP contribution in [0, 0.1) is 18.3 Å². The number of amides is 1. The lowest BCUT2D eigenvalue weighted by atomic mass is 10.1. The summed E-state index contributed by atoms with van der Waals surface area (Å²) < 4.78 is 5.32. The molecule has 0 saturated heterocycles. The molecule has 0 aliphatic carbocycles. The Kier molecular flexibility index (Phi) is 4.34. The van der Waals surface area contributed by atoms with Crippen LogP contribution in [0.5, 0.6) is 0 Å². The fourth-order valence-electron chi connectivity index (χ4n) is 2.17. The predicted octanol–water partition coefficient (Wildman–Crippen LogP) is 3.56. The molecule has 0 aliphatic heterocycles. The van der Waals surface area contributed by atoms with Gasteiger partial charge in [-0.2, -0.15) is 10.2 Å². The summed E-state index contributed by atoms with van der Waals surface area (Å²) in [6.07, 6.45) is -0.192. The Morgan fingerprint density at radius 1 is 1.21 bits per heavy atom. The van der Waals surface area contributed by atoms with E-state index < -0.39 is 0 Å². The van der Waals surface area contributed by atoms with Crippen molar-refractivity contribution in [2.75, 3.05) is 5.32 Å². The minimum absolute atomic E-state index is 0.192. The van der Waals surface area contributed by atoms with Gasteiger partial charge in [-0.15, -0.1) is 0 Å². The third-order valence-electron chi connectivity index (χ3n) is 3.37. The van der Waals surface area contributed by atoms with Crippen LogP contribution in [0.15, 0.2) is 53.1 Å². The lowest BCUT2D eigenvalue weighted by Crippen LogP contribution is -2.09. The van der Waals surface area contributed by atoms with Crippen molar-refractivity contribution < 1.29 is 9.32 Å². The quantitative estimate of drug-likeness (QED) is 0.794. The lowest BCUT2D eigenvalue weighted by molar-refractivity contribution is -0.115. The molecule has 0 spiro atoms. The number of aromatic nitrogens is 2. The number of hydrogen-bond donors (Lipinski definition) is 1. The maximum atomic E-state index is 11.5. The molecule has 3 aromatic rings. The summed E-state index contributed by atoms with van der Waals surface area (Å²) in [6.45, 7) is 2.01. The van der Waals surface area contributed by atoms with E-state index in [-0.39, 0.29) is 12.3 Å². The van der Waals surface area contributed by atoms with E-state index in [9.17, 15) is 4.79 Å². The third kappa shape index (κ3) is 3.47. The fraction of sp³-hybridized carbons (Fsp3) is 0.111. The van der Waals surface area contributed by atoms with Crippen LogP contribution in [0.3, 0.4) is 0 Å². The second-order valence-corrected chi connectivity index (χ2v) is 5.25. The van der Waals surface area contributed by atoms with Crippen LogP contribution in [0.1, 0.15) is 12.0 Å². The van der Waals surface area contributed by atoms with E-state index in [1.807, 2.05) is 37.3 Å². The molecule has 0 fully saturated rings. The highest BCUT2D eigenvalue weighted by atomic mass is 16.5.